The van der Waals surface area contributed by atoms with Gasteiger partial charge in [-0.3, -0.25) is 4.79 Å². The molecule has 1 N–H and O–H groups in total. The highest BCUT2D eigenvalue weighted by Crippen LogP contribution is 2.37. The molecule has 0 aromatic heterocycles. The number of hydrogen-bond donors (Lipinski definition) is 1. The maximum atomic E-state index is 11.1. The Kier molecular flexibility index (Phi) is 3.29. The molecule has 1 rings (SSSR count). The van der Waals surface area contributed by atoms with Crippen molar-refractivity contribution in [2.45, 2.75) is 39.0 Å². The van der Waals surface area contributed by atoms with E-state index < -0.39 is 11.4 Å². The van der Waals surface area contributed by atoms with Crippen LogP contribution in [0.25, 0.3) is 0 Å². The molecule has 0 spiro atoms. The summed E-state index contributed by atoms with van der Waals surface area (Å²) in [6, 6.07) is 1.97. The van der Waals surface area contributed by atoms with Gasteiger partial charge in [-0.1, -0.05) is 13.0 Å². The van der Waals surface area contributed by atoms with E-state index in [-0.39, 0.29) is 0 Å². The number of nitriles is 1. The molecule has 3 heteroatoms. The lowest BCUT2D eigenvalue weighted by atomic mass is 9.75. The smallest absolute Gasteiger partial charge is 0.328 e. The molecule has 0 aliphatic heterocycles. The van der Waals surface area contributed by atoms with E-state index >= 15 is 0 Å². The first-order valence-electron chi connectivity index (χ1n) is 5.01. The van der Waals surface area contributed by atoms with E-state index in [4.69, 9.17) is 10.4 Å². The zero-order valence-corrected chi connectivity index (χ0v) is 8.42. The van der Waals surface area contributed by atoms with E-state index in [1.165, 1.54) is 0 Å². The lowest BCUT2D eigenvalue weighted by Crippen LogP contribution is -2.31. The standard InChI is InChI=1S/C11H15NO2/c1-2-11(8-12,10(13)14)9-6-4-3-5-7-9/h6H,2-5,7H2,1H3,(H,13,14)/t11-/m1/s1. The summed E-state index contributed by atoms with van der Waals surface area (Å²) in [5, 5.41) is 18.1. The molecule has 0 amide bonds. The van der Waals surface area contributed by atoms with Crippen LogP contribution in [0.2, 0.25) is 0 Å². The summed E-state index contributed by atoms with van der Waals surface area (Å²) in [5.41, 5.74) is -0.457. The van der Waals surface area contributed by atoms with Crippen molar-refractivity contribution in [3.63, 3.8) is 0 Å². The third kappa shape index (κ3) is 1.65. The number of allylic oxidation sites excluding steroid dienone is 1. The maximum absolute atomic E-state index is 11.1. The summed E-state index contributed by atoms with van der Waals surface area (Å²) in [6.07, 6.45) is 6.06. The third-order valence-electron chi connectivity index (χ3n) is 2.93. The van der Waals surface area contributed by atoms with Crippen LogP contribution in [0.15, 0.2) is 11.6 Å². The Morgan fingerprint density at radius 3 is 2.79 bits per heavy atom. The molecule has 0 saturated heterocycles. The van der Waals surface area contributed by atoms with Gasteiger partial charge in [0.1, 0.15) is 0 Å². The molecule has 0 saturated carbocycles. The van der Waals surface area contributed by atoms with Gasteiger partial charge >= 0.3 is 5.97 Å². The molecule has 1 atom stereocenters. The third-order valence-corrected chi connectivity index (χ3v) is 2.93. The number of aliphatic carboxylic acids is 1. The molecular formula is C11H15NO2. The van der Waals surface area contributed by atoms with Crippen molar-refractivity contribution in [3.8, 4) is 6.07 Å². The highest BCUT2D eigenvalue weighted by Gasteiger charge is 2.40. The van der Waals surface area contributed by atoms with Crippen LogP contribution in [0.4, 0.5) is 0 Å². The normalized spacial score (nSPS) is 20.4. The first-order valence-corrected chi connectivity index (χ1v) is 5.01. The monoisotopic (exact) mass is 193 g/mol. The van der Waals surface area contributed by atoms with Gasteiger partial charge in [-0.25, -0.2) is 0 Å². The van der Waals surface area contributed by atoms with Crippen molar-refractivity contribution in [1.29, 1.82) is 5.26 Å². The number of carboxylic acid groups (broad SMARTS) is 1. The molecule has 14 heavy (non-hydrogen) atoms. The largest absolute Gasteiger partial charge is 0.480 e. The van der Waals surface area contributed by atoms with E-state index in [0.717, 1.165) is 31.3 Å². The van der Waals surface area contributed by atoms with Crippen LogP contribution in [-0.4, -0.2) is 11.1 Å². The van der Waals surface area contributed by atoms with Crippen molar-refractivity contribution in [2.75, 3.05) is 0 Å². The van der Waals surface area contributed by atoms with E-state index in [0.29, 0.717) is 6.42 Å². The van der Waals surface area contributed by atoms with Gasteiger partial charge in [0.25, 0.3) is 0 Å². The number of nitrogens with zero attached hydrogens (tertiary/aromatic N) is 1. The van der Waals surface area contributed by atoms with Crippen LogP contribution >= 0.6 is 0 Å². The molecule has 0 unspecified atom stereocenters. The zero-order chi connectivity index (χ0) is 10.6. The molecule has 1 aliphatic rings. The fraction of sp³-hybridized carbons (Fsp3) is 0.636. The minimum atomic E-state index is -1.26. The maximum Gasteiger partial charge on any atom is 0.328 e. The Labute approximate surface area is 84.0 Å². The van der Waals surface area contributed by atoms with E-state index in [2.05, 4.69) is 0 Å². The van der Waals surface area contributed by atoms with Crippen molar-refractivity contribution >= 4 is 5.97 Å². The van der Waals surface area contributed by atoms with E-state index in [1.807, 2.05) is 12.1 Å². The molecule has 0 aromatic carbocycles. The quantitative estimate of drug-likeness (QED) is 0.700. The molecular weight excluding hydrogens is 178 g/mol. The topological polar surface area (TPSA) is 61.1 Å². The predicted molar refractivity (Wildman–Crippen MR) is 52.5 cm³/mol. The van der Waals surface area contributed by atoms with Crippen LogP contribution in [0.1, 0.15) is 39.0 Å². The second-order valence-corrected chi connectivity index (χ2v) is 3.65. The molecule has 0 fully saturated rings. The van der Waals surface area contributed by atoms with Crippen molar-refractivity contribution < 1.29 is 9.90 Å². The summed E-state index contributed by atoms with van der Waals surface area (Å²) in [4.78, 5) is 11.1. The highest BCUT2D eigenvalue weighted by molar-refractivity contribution is 5.82. The average Bonchev–Trinajstić information content (AvgIpc) is 2.22. The number of carboxylic acids is 1. The fourth-order valence-corrected chi connectivity index (χ4v) is 1.94. The van der Waals surface area contributed by atoms with Crippen molar-refractivity contribution in [3.05, 3.63) is 11.6 Å². The number of rotatable bonds is 3. The van der Waals surface area contributed by atoms with Gasteiger partial charge in [-0.15, -0.1) is 0 Å². The Morgan fingerprint density at radius 1 is 1.71 bits per heavy atom. The van der Waals surface area contributed by atoms with Gasteiger partial charge in [0.15, 0.2) is 5.41 Å². The lowest BCUT2D eigenvalue weighted by molar-refractivity contribution is -0.144. The highest BCUT2D eigenvalue weighted by atomic mass is 16.4. The molecule has 0 bridgehead atoms. The van der Waals surface area contributed by atoms with E-state index in [1.54, 1.807) is 6.92 Å². The van der Waals surface area contributed by atoms with Gasteiger partial charge in [0, 0.05) is 0 Å². The minimum absolute atomic E-state index is 0.352. The van der Waals surface area contributed by atoms with Gasteiger partial charge in [-0.05, 0) is 37.7 Å². The average molecular weight is 193 g/mol. The van der Waals surface area contributed by atoms with Crippen molar-refractivity contribution in [1.82, 2.24) is 0 Å². The second-order valence-electron chi connectivity index (χ2n) is 3.65. The fourth-order valence-electron chi connectivity index (χ4n) is 1.94. The minimum Gasteiger partial charge on any atom is -0.480 e. The first-order chi connectivity index (χ1) is 6.67. The SMILES string of the molecule is CC[C@](C#N)(C(=O)O)C1=CCCCC1. The van der Waals surface area contributed by atoms with Gasteiger partial charge in [0.05, 0.1) is 6.07 Å². The molecule has 0 radical (unpaired) electrons. The van der Waals surface area contributed by atoms with Crippen LogP contribution in [0, 0.1) is 16.7 Å². The number of carbonyl (C=O) groups is 1. The van der Waals surface area contributed by atoms with Crippen molar-refractivity contribution in [2.24, 2.45) is 5.41 Å². The predicted octanol–water partition coefficient (Wildman–Crippen LogP) is 2.49. The summed E-state index contributed by atoms with van der Waals surface area (Å²) in [6.45, 7) is 1.76. The van der Waals surface area contributed by atoms with Crippen LogP contribution in [0.3, 0.4) is 0 Å². The molecule has 0 aromatic rings. The Hall–Kier alpha value is -1.30. The molecule has 0 heterocycles. The van der Waals surface area contributed by atoms with Gasteiger partial charge in [-0.2, -0.15) is 5.26 Å². The summed E-state index contributed by atoms with van der Waals surface area (Å²) in [5.74, 6) is -1.00. The van der Waals surface area contributed by atoms with Crippen LogP contribution < -0.4 is 0 Å². The second kappa shape index (κ2) is 4.28. The first kappa shape index (κ1) is 10.8. The summed E-state index contributed by atoms with van der Waals surface area (Å²) < 4.78 is 0. The Bertz CT molecular complexity index is 301. The lowest BCUT2D eigenvalue weighted by Gasteiger charge is -2.26. The Balaban J connectivity index is 3.04. The Morgan fingerprint density at radius 2 is 2.43 bits per heavy atom. The van der Waals surface area contributed by atoms with Gasteiger partial charge < -0.3 is 5.11 Å². The number of hydrogen-bond acceptors (Lipinski definition) is 2. The zero-order valence-electron chi connectivity index (χ0n) is 8.42. The van der Waals surface area contributed by atoms with E-state index in [9.17, 15) is 4.79 Å². The summed E-state index contributed by atoms with van der Waals surface area (Å²) >= 11 is 0. The van der Waals surface area contributed by atoms with Gasteiger partial charge in [0.2, 0.25) is 0 Å². The molecule has 1 aliphatic carbocycles. The van der Waals surface area contributed by atoms with Crippen LogP contribution in [-0.2, 0) is 4.79 Å². The van der Waals surface area contributed by atoms with Crippen LogP contribution in [0.5, 0.6) is 0 Å². The molecule has 3 nitrogen and oxygen atoms in total. The molecule has 76 valence electrons. The summed E-state index contributed by atoms with van der Waals surface area (Å²) in [7, 11) is 0.